The van der Waals surface area contributed by atoms with E-state index in [-0.39, 0.29) is 5.92 Å². The van der Waals surface area contributed by atoms with E-state index in [9.17, 15) is 14.4 Å². The maximum atomic E-state index is 12.8. The van der Waals surface area contributed by atoms with Crippen LogP contribution in [0.4, 0.5) is 0 Å². The molecule has 0 saturated heterocycles. The molecule has 164 valence electrons. The summed E-state index contributed by atoms with van der Waals surface area (Å²) in [5.74, 6) is -2.27. The van der Waals surface area contributed by atoms with Crippen LogP contribution in [-0.2, 0) is 25.5 Å². The van der Waals surface area contributed by atoms with Gasteiger partial charge in [0.25, 0.3) is 0 Å². The molecule has 0 heterocycles. The summed E-state index contributed by atoms with van der Waals surface area (Å²) in [4.78, 5) is 38.0. The third kappa shape index (κ3) is 6.51. The van der Waals surface area contributed by atoms with Gasteiger partial charge in [0.1, 0.15) is 0 Å². The lowest BCUT2D eigenvalue weighted by Gasteiger charge is -2.21. The normalized spacial score (nSPS) is 15.1. The minimum atomic E-state index is -1.29. The molecule has 0 spiro atoms. The van der Waals surface area contributed by atoms with Crippen LogP contribution in [0.15, 0.2) is 54.6 Å². The van der Waals surface area contributed by atoms with Crippen molar-refractivity contribution in [1.29, 1.82) is 0 Å². The highest BCUT2D eigenvalue weighted by Gasteiger charge is 2.32. The number of ether oxygens (including phenoxy) is 2. The molecule has 1 aliphatic carbocycles. The number of carbonyl (C=O) groups is 3. The van der Waals surface area contributed by atoms with Crippen molar-refractivity contribution >= 4 is 17.9 Å². The summed E-state index contributed by atoms with van der Waals surface area (Å²) in [6.07, 6.45) is 6.32. The number of rotatable bonds is 8. The van der Waals surface area contributed by atoms with Crippen LogP contribution in [0.25, 0.3) is 0 Å². The first-order valence-corrected chi connectivity index (χ1v) is 11.2. The number of aryl methyl sites for hydroxylation is 1. The number of hydrogen-bond donors (Lipinski definition) is 0. The van der Waals surface area contributed by atoms with Gasteiger partial charge in [0, 0.05) is 5.56 Å². The molecule has 0 amide bonds. The van der Waals surface area contributed by atoms with Gasteiger partial charge in [0.05, 0.1) is 11.5 Å². The molecule has 0 aliphatic heterocycles. The summed E-state index contributed by atoms with van der Waals surface area (Å²) >= 11 is 0. The molecule has 0 bridgehead atoms. The highest BCUT2D eigenvalue weighted by molar-refractivity contribution is 5.94. The predicted octanol–water partition coefficient (Wildman–Crippen LogP) is 5.58. The van der Waals surface area contributed by atoms with E-state index in [1.165, 1.54) is 0 Å². The smallest absolute Gasteiger partial charge is 0.359 e. The maximum absolute atomic E-state index is 12.8. The van der Waals surface area contributed by atoms with Crippen LogP contribution in [0.2, 0.25) is 0 Å². The molecule has 31 heavy (non-hydrogen) atoms. The van der Waals surface area contributed by atoms with Crippen LogP contribution in [-0.4, -0.2) is 17.9 Å². The highest BCUT2D eigenvalue weighted by atomic mass is 16.6. The zero-order valence-corrected chi connectivity index (χ0v) is 18.0. The minimum Gasteiger partial charge on any atom is -0.442 e. The number of hydrogen-bond acceptors (Lipinski definition) is 5. The maximum Gasteiger partial charge on any atom is 0.359 e. The van der Waals surface area contributed by atoms with Crippen molar-refractivity contribution in [2.45, 2.75) is 64.4 Å². The molecule has 0 radical (unpaired) electrons. The number of esters is 3. The molecule has 1 unspecified atom stereocenters. The van der Waals surface area contributed by atoms with Crippen LogP contribution in [0.3, 0.4) is 0 Å². The standard InChI is InChI=1S/C26H30O5/c1-2-3-10-19-15-17-22(18-16-19)24(27)30-23(20-11-6-4-7-12-20)26(29)31-25(28)21-13-8-5-9-14-21/h4,6-7,11-12,15-18,21,23H,2-3,5,8-10,13-14H2,1H3. The fraction of sp³-hybridized carbons (Fsp3) is 0.423. The van der Waals surface area contributed by atoms with E-state index in [1.54, 1.807) is 42.5 Å². The van der Waals surface area contributed by atoms with Gasteiger partial charge in [-0.1, -0.05) is 75.1 Å². The SMILES string of the molecule is CCCCc1ccc(C(=O)OC(C(=O)OC(=O)C2CCCCC2)c2ccccc2)cc1. The van der Waals surface area contributed by atoms with Gasteiger partial charge >= 0.3 is 17.9 Å². The van der Waals surface area contributed by atoms with Crippen molar-refractivity contribution in [3.63, 3.8) is 0 Å². The second-order valence-corrected chi connectivity index (χ2v) is 8.07. The Labute approximate surface area is 183 Å². The van der Waals surface area contributed by atoms with Crippen LogP contribution < -0.4 is 0 Å². The Morgan fingerprint density at radius 2 is 1.61 bits per heavy atom. The molecule has 1 aliphatic rings. The summed E-state index contributed by atoms with van der Waals surface area (Å²) in [6, 6.07) is 15.8. The Hall–Kier alpha value is -2.95. The second-order valence-electron chi connectivity index (χ2n) is 8.07. The first-order chi connectivity index (χ1) is 15.1. The monoisotopic (exact) mass is 422 g/mol. The van der Waals surface area contributed by atoms with Crippen LogP contribution in [0.1, 0.15) is 79.5 Å². The third-order valence-electron chi connectivity index (χ3n) is 5.69. The molecule has 5 heteroatoms. The molecule has 0 N–H and O–H groups in total. The van der Waals surface area contributed by atoms with Gasteiger partial charge in [-0.2, -0.15) is 0 Å². The summed E-state index contributed by atoms with van der Waals surface area (Å²) in [5, 5.41) is 0. The summed E-state index contributed by atoms with van der Waals surface area (Å²) in [6.45, 7) is 2.13. The first-order valence-electron chi connectivity index (χ1n) is 11.2. The van der Waals surface area contributed by atoms with Crippen LogP contribution in [0.5, 0.6) is 0 Å². The van der Waals surface area contributed by atoms with E-state index >= 15 is 0 Å². The van der Waals surface area contributed by atoms with Gasteiger partial charge in [-0.3, -0.25) is 4.79 Å². The second kappa shape index (κ2) is 11.4. The fourth-order valence-electron chi connectivity index (χ4n) is 3.82. The van der Waals surface area contributed by atoms with E-state index in [4.69, 9.17) is 9.47 Å². The molecular formula is C26H30O5. The average Bonchev–Trinajstić information content (AvgIpc) is 2.82. The quantitative estimate of drug-likeness (QED) is 0.410. The van der Waals surface area contributed by atoms with E-state index in [2.05, 4.69) is 6.92 Å². The number of carbonyl (C=O) groups excluding carboxylic acids is 3. The van der Waals surface area contributed by atoms with Gasteiger partial charge < -0.3 is 9.47 Å². The van der Waals surface area contributed by atoms with E-state index in [0.29, 0.717) is 11.1 Å². The van der Waals surface area contributed by atoms with E-state index < -0.39 is 24.0 Å². The summed E-state index contributed by atoms with van der Waals surface area (Å²) in [7, 11) is 0. The molecule has 0 aromatic heterocycles. The first kappa shape index (κ1) is 22.7. The Morgan fingerprint density at radius 3 is 2.26 bits per heavy atom. The van der Waals surface area contributed by atoms with Gasteiger partial charge in [0.2, 0.25) is 6.10 Å². The summed E-state index contributed by atoms with van der Waals surface area (Å²) in [5.41, 5.74) is 1.97. The van der Waals surface area contributed by atoms with Crippen LogP contribution >= 0.6 is 0 Å². The van der Waals surface area contributed by atoms with E-state index in [0.717, 1.165) is 56.9 Å². The number of unbranched alkanes of at least 4 members (excludes halogenated alkanes) is 1. The predicted molar refractivity (Wildman–Crippen MR) is 117 cm³/mol. The lowest BCUT2D eigenvalue weighted by atomic mass is 9.89. The van der Waals surface area contributed by atoms with Gasteiger partial charge in [-0.25, -0.2) is 9.59 Å². The van der Waals surface area contributed by atoms with Crippen molar-refractivity contribution in [1.82, 2.24) is 0 Å². The van der Waals surface area contributed by atoms with Gasteiger partial charge in [0.15, 0.2) is 0 Å². The zero-order chi connectivity index (χ0) is 22.1. The highest BCUT2D eigenvalue weighted by Crippen LogP contribution is 2.27. The Morgan fingerprint density at radius 1 is 0.935 bits per heavy atom. The van der Waals surface area contributed by atoms with Gasteiger partial charge in [-0.05, 0) is 43.4 Å². The average molecular weight is 423 g/mol. The topological polar surface area (TPSA) is 69.7 Å². The Balaban J connectivity index is 1.70. The zero-order valence-electron chi connectivity index (χ0n) is 18.0. The molecule has 1 atom stereocenters. The summed E-state index contributed by atoms with van der Waals surface area (Å²) < 4.78 is 10.7. The Bertz CT molecular complexity index is 866. The molecule has 5 nitrogen and oxygen atoms in total. The van der Waals surface area contributed by atoms with Gasteiger partial charge in [-0.15, -0.1) is 0 Å². The minimum absolute atomic E-state index is 0.263. The van der Waals surface area contributed by atoms with Crippen molar-refractivity contribution < 1.29 is 23.9 Å². The van der Waals surface area contributed by atoms with Crippen molar-refractivity contribution in [3.8, 4) is 0 Å². The third-order valence-corrected chi connectivity index (χ3v) is 5.69. The molecule has 2 aromatic carbocycles. The molecular weight excluding hydrogens is 392 g/mol. The lowest BCUT2D eigenvalue weighted by molar-refractivity contribution is -0.169. The number of benzene rings is 2. The molecule has 2 aromatic rings. The molecule has 1 fully saturated rings. The van der Waals surface area contributed by atoms with E-state index in [1.807, 2.05) is 12.1 Å². The molecule has 3 rings (SSSR count). The largest absolute Gasteiger partial charge is 0.442 e. The lowest BCUT2D eigenvalue weighted by Crippen LogP contribution is -2.28. The van der Waals surface area contributed by atoms with Crippen molar-refractivity contribution in [2.75, 3.05) is 0 Å². The molecule has 1 saturated carbocycles. The fourth-order valence-corrected chi connectivity index (χ4v) is 3.82. The van der Waals surface area contributed by atoms with Crippen molar-refractivity contribution in [2.24, 2.45) is 5.92 Å². The van der Waals surface area contributed by atoms with Crippen molar-refractivity contribution in [3.05, 3.63) is 71.3 Å². The van der Waals surface area contributed by atoms with Crippen LogP contribution in [0, 0.1) is 5.92 Å². The Kier molecular flexibility index (Phi) is 8.39.